The van der Waals surface area contributed by atoms with Crippen molar-refractivity contribution < 1.29 is 0 Å². The molecular formula is C16H17N7S. The molecule has 0 bridgehead atoms. The van der Waals surface area contributed by atoms with Crippen molar-refractivity contribution in [2.75, 3.05) is 16.8 Å². The van der Waals surface area contributed by atoms with Gasteiger partial charge in [-0.05, 0) is 25.8 Å². The van der Waals surface area contributed by atoms with E-state index in [1.807, 2.05) is 19.2 Å². The zero-order valence-corrected chi connectivity index (χ0v) is 14.1. The zero-order chi connectivity index (χ0) is 16.4. The van der Waals surface area contributed by atoms with Crippen LogP contribution in [0.2, 0.25) is 0 Å². The van der Waals surface area contributed by atoms with Crippen LogP contribution >= 0.6 is 11.3 Å². The highest BCUT2D eigenvalue weighted by Gasteiger charge is 2.31. The minimum absolute atomic E-state index is 0.115. The molecule has 0 aromatic carbocycles. The van der Waals surface area contributed by atoms with Gasteiger partial charge in [-0.3, -0.25) is 4.98 Å². The number of hydrogen-bond donors (Lipinski definition) is 1. The number of nitrogens with zero attached hydrogens (tertiary/aromatic N) is 6. The molecule has 0 radical (unpaired) electrons. The molecule has 0 saturated carbocycles. The maximum atomic E-state index is 4.59. The summed E-state index contributed by atoms with van der Waals surface area (Å²) < 4.78 is 0. The molecule has 0 aliphatic carbocycles. The van der Waals surface area contributed by atoms with Gasteiger partial charge in [0.05, 0.1) is 6.04 Å². The van der Waals surface area contributed by atoms with E-state index in [4.69, 9.17) is 0 Å². The van der Waals surface area contributed by atoms with E-state index in [1.165, 1.54) is 0 Å². The smallest absolute Gasteiger partial charge is 0.225 e. The maximum Gasteiger partial charge on any atom is 0.225 e. The van der Waals surface area contributed by atoms with Gasteiger partial charge in [-0.1, -0.05) is 0 Å². The van der Waals surface area contributed by atoms with Crippen LogP contribution in [0.1, 0.15) is 29.5 Å². The fraction of sp³-hybridized carbons (Fsp3) is 0.312. The van der Waals surface area contributed by atoms with Gasteiger partial charge in [-0.25, -0.2) is 19.9 Å². The van der Waals surface area contributed by atoms with Crippen LogP contribution in [0.5, 0.6) is 0 Å². The molecule has 0 spiro atoms. The first-order chi connectivity index (χ1) is 11.8. The highest BCUT2D eigenvalue weighted by atomic mass is 32.1. The number of hydrogen-bond acceptors (Lipinski definition) is 8. The minimum atomic E-state index is 0.115. The van der Waals surface area contributed by atoms with Crippen molar-refractivity contribution in [2.24, 2.45) is 0 Å². The summed E-state index contributed by atoms with van der Waals surface area (Å²) in [7, 11) is 0. The topological polar surface area (TPSA) is 79.7 Å². The van der Waals surface area contributed by atoms with E-state index in [9.17, 15) is 0 Å². The molecule has 1 saturated heterocycles. The summed E-state index contributed by atoms with van der Waals surface area (Å²) in [6.07, 6.45) is 10.9. The molecule has 1 aliphatic rings. The predicted octanol–water partition coefficient (Wildman–Crippen LogP) is 3.12. The highest BCUT2D eigenvalue weighted by molar-refractivity contribution is 7.15. The molecule has 24 heavy (non-hydrogen) atoms. The molecule has 7 nitrogen and oxygen atoms in total. The third kappa shape index (κ3) is 2.92. The SMILES string of the molecule is Cc1cnc(Nc2nccnc2[C@@H]2CCCN2c2ncccn2)s1. The molecule has 0 unspecified atom stereocenters. The zero-order valence-electron chi connectivity index (χ0n) is 13.3. The van der Waals surface area contributed by atoms with Crippen LogP contribution < -0.4 is 10.2 Å². The van der Waals surface area contributed by atoms with E-state index in [0.717, 1.165) is 46.9 Å². The first kappa shape index (κ1) is 14.9. The van der Waals surface area contributed by atoms with Gasteiger partial charge in [-0.2, -0.15) is 0 Å². The Labute approximate surface area is 143 Å². The van der Waals surface area contributed by atoms with E-state index in [-0.39, 0.29) is 6.04 Å². The summed E-state index contributed by atoms with van der Waals surface area (Å²) in [4.78, 5) is 25.6. The fourth-order valence-electron chi connectivity index (χ4n) is 2.93. The van der Waals surface area contributed by atoms with Crippen LogP contribution in [0.3, 0.4) is 0 Å². The van der Waals surface area contributed by atoms with E-state index in [2.05, 4.69) is 35.1 Å². The maximum absolute atomic E-state index is 4.59. The second kappa shape index (κ2) is 6.48. The molecule has 1 N–H and O–H groups in total. The van der Waals surface area contributed by atoms with Crippen LogP contribution in [0.25, 0.3) is 0 Å². The summed E-state index contributed by atoms with van der Waals surface area (Å²) in [6, 6.07) is 1.94. The lowest BCUT2D eigenvalue weighted by molar-refractivity contribution is 0.677. The molecule has 4 rings (SSSR count). The third-order valence-electron chi connectivity index (χ3n) is 3.95. The van der Waals surface area contributed by atoms with Crippen LogP contribution in [-0.2, 0) is 0 Å². The van der Waals surface area contributed by atoms with Crippen molar-refractivity contribution >= 4 is 28.2 Å². The van der Waals surface area contributed by atoms with Gasteiger partial charge in [0, 0.05) is 42.4 Å². The predicted molar refractivity (Wildman–Crippen MR) is 93.5 cm³/mol. The van der Waals surface area contributed by atoms with E-state index >= 15 is 0 Å². The molecule has 0 amide bonds. The molecule has 1 aliphatic heterocycles. The van der Waals surface area contributed by atoms with Crippen LogP contribution in [0, 0.1) is 6.92 Å². The van der Waals surface area contributed by atoms with Gasteiger partial charge in [0.15, 0.2) is 10.9 Å². The van der Waals surface area contributed by atoms with E-state index in [0.29, 0.717) is 0 Å². The van der Waals surface area contributed by atoms with Crippen molar-refractivity contribution in [2.45, 2.75) is 25.8 Å². The molecule has 1 fully saturated rings. The summed E-state index contributed by atoms with van der Waals surface area (Å²) in [5.74, 6) is 1.49. The Morgan fingerprint density at radius 2 is 1.92 bits per heavy atom. The lowest BCUT2D eigenvalue weighted by Crippen LogP contribution is -2.26. The molecular weight excluding hydrogens is 322 g/mol. The van der Waals surface area contributed by atoms with Crippen LogP contribution in [-0.4, -0.2) is 31.5 Å². The first-order valence-corrected chi connectivity index (χ1v) is 8.67. The first-order valence-electron chi connectivity index (χ1n) is 7.85. The summed E-state index contributed by atoms with van der Waals surface area (Å²) >= 11 is 1.60. The average Bonchev–Trinajstić information content (AvgIpc) is 3.25. The van der Waals surface area contributed by atoms with Crippen molar-refractivity contribution in [1.82, 2.24) is 24.9 Å². The number of aromatic nitrogens is 5. The Kier molecular flexibility index (Phi) is 4.04. The lowest BCUT2D eigenvalue weighted by Gasteiger charge is -2.25. The normalized spacial score (nSPS) is 17.2. The quantitative estimate of drug-likeness (QED) is 0.782. The summed E-state index contributed by atoms with van der Waals surface area (Å²) in [5.41, 5.74) is 0.912. The Bertz CT molecular complexity index is 820. The van der Waals surface area contributed by atoms with Gasteiger partial charge >= 0.3 is 0 Å². The van der Waals surface area contributed by atoms with Crippen molar-refractivity contribution in [1.29, 1.82) is 0 Å². The van der Waals surface area contributed by atoms with Crippen LogP contribution in [0.15, 0.2) is 37.1 Å². The van der Waals surface area contributed by atoms with Crippen molar-refractivity contribution in [3.05, 3.63) is 47.6 Å². The number of aryl methyl sites for hydroxylation is 1. The lowest BCUT2D eigenvalue weighted by atomic mass is 10.1. The Morgan fingerprint density at radius 1 is 1.08 bits per heavy atom. The third-order valence-corrected chi connectivity index (χ3v) is 4.78. The van der Waals surface area contributed by atoms with E-state index < -0.39 is 0 Å². The highest BCUT2D eigenvalue weighted by Crippen LogP contribution is 2.36. The van der Waals surface area contributed by atoms with Gasteiger partial charge in [0.1, 0.15) is 5.69 Å². The molecule has 8 heteroatoms. The summed E-state index contributed by atoms with van der Waals surface area (Å²) in [6.45, 7) is 2.95. The molecule has 122 valence electrons. The van der Waals surface area contributed by atoms with Gasteiger partial charge in [0.2, 0.25) is 5.95 Å². The van der Waals surface area contributed by atoms with Gasteiger partial charge in [-0.15, -0.1) is 11.3 Å². The molecule has 3 aromatic heterocycles. The molecule has 1 atom stereocenters. The number of rotatable bonds is 4. The Balaban J connectivity index is 1.66. The average molecular weight is 339 g/mol. The fourth-order valence-corrected chi connectivity index (χ4v) is 3.60. The minimum Gasteiger partial charge on any atom is -0.332 e. The Morgan fingerprint density at radius 3 is 2.71 bits per heavy atom. The number of thiazole rings is 1. The van der Waals surface area contributed by atoms with Gasteiger partial charge < -0.3 is 10.2 Å². The Hall–Kier alpha value is -2.61. The van der Waals surface area contributed by atoms with Gasteiger partial charge in [0.25, 0.3) is 0 Å². The standard InChI is InChI=1S/C16H17N7S/c1-11-10-21-16(24-11)22-14-13(17-7-8-18-14)12-4-2-9-23(12)15-19-5-3-6-20-15/h3,5-8,10,12H,2,4,9H2,1H3,(H,18,21,22)/t12-/m0/s1. The molecule has 3 aromatic rings. The van der Waals surface area contributed by atoms with E-state index in [1.54, 1.807) is 36.1 Å². The summed E-state index contributed by atoms with van der Waals surface area (Å²) in [5, 5.41) is 4.14. The molecule has 4 heterocycles. The monoisotopic (exact) mass is 339 g/mol. The number of nitrogens with one attached hydrogen (secondary N) is 1. The van der Waals surface area contributed by atoms with Crippen molar-refractivity contribution in [3.8, 4) is 0 Å². The number of anilines is 3. The van der Waals surface area contributed by atoms with Crippen LogP contribution in [0.4, 0.5) is 16.9 Å². The second-order valence-corrected chi connectivity index (χ2v) is 6.83. The largest absolute Gasteiger partial charge is 0.332 e. The second-order valence-electron chi connectivity index (χ2n) is 5.59. The van der Waals surface area contributed by atoms with Crippen molar-refractivity contribution in [3.63, 3.8) is 0 Å².